The van der Waals surface area contributed by atoms with Gasteiger partial charge in [0.1, 0.15) is 0 Å². The van der Waals surface area contributed by atoms with Crippen molar-refractivity contribution in [2.75, 3.05) is 5.32 Å². The summed E-state index contributed by atoms with van der Waals surface area (Å²) >= 11 is 0. The highest BCUT2D eigenvalue weighted by Gasteiger charge is 2.42. The van der Waals surface area contributed by atoms with E-state index >= 15 is 0 Å². The van der Waals surface area contributed by atoms with Gasteiger partial charge in [0.25, 0.3) is 0 Å². The summed E-state index contributed by atoms with van der Waals surface area (Å²) in [4.78, 5) is 23.6. The van der Waals surface area contributed by atoms with E-state index in [4.69, 9.17) is 5.11 Å². The fourth-order valence-electron chi connectivity index (χ4n) is 2.82. The summed E-state index contributed by atoms with van der Waals surface area (Å²) in [5, 5.41) is 12.1. The third-order valence-corrected chi connectivity index (χ3v) is 4.52. The van der Waals surface area contributed by atoms with Gasteiger partial charge in [-0.2, -0.15) is 0 Å². The highest BCUT2D eigenvalue weighted by atomic mass is 16.4. The largest absolute Gasteiger partial charge is 0.478 e. The van der Waals surface area contributed by atoms with E-state index < -0.39 is 5.97 Å². The number of hydrogen-bond donors (Lipinski definition) is 2. The summed E-state index contributed by atoms with van der Waals surface area (Å²) in [6.45, 7) is 5.68. The molecular weight excluding hydrogens is 254 g/mol. The molecule has 2 N–H and O–H groups in total. The van der Waals surface area contributed by atoms with Crippen LogP contribution in [0.15, 0.2) is 12.1 Å². The van der Waals surface area contributed by atoms with Gasteiger partial charge in [-0.15, -0.1) is 0 Å². The predicted octanol–water partition coefficient (Wildman–Crippen LogP) is 3.52. The highest BCUT2D eigenvalue weighted by Crippen LogP contribution is 2.44. The molecule has 0 spiro atoms. The lowest BCUT2D eigenvalue weighted by Gasteiger charge is -2.39. The summed E-state index contributed by atoms with van der Waals surface area (Å²) in [6.07, 6.45) is 3.77. The first-order valence-corrected chi connectivity index (χ1v) is 7.05. The van der Waals surface area contributed by atoms with Crippen LogP contribution >= 0.6 is 0 Å². The second-order valence-electron chi connectivity index (χ2n) is 5.73. The van der Waals surface area contributed by atoms with Crippen molar-refractivity contribution in [1.82, 2.24) is 0 Å². The van der Waals surface area contributed by atoms with Crippen LogP contribution in [0.5, 0.6) is 0 Å². The zero-order chi connectivity index (χ0) is 14.9. The Hall–Kier alpha value is -1.84. The molecule has 1 saturated carbocycles. The van der Waals surface area contributed by atoms with Gasteiger partial charge in [0, 0.05) is 11.1 Å². The smallest absolute Gasteiger partial charge is 0.336 e. The molecule has 0 aromatic heterocycles. The quantitative estimate of drug-likeness (QED) is 0.883. The molecule has 0 saturated heterocycles. The number of benzene rings is 1. The monoisotopic (exact) mass is 275 g/mol. The first kappa shape index (κ1) is 14.6. The molecular formula is C16H21NO3. The number of aromatic carboxylic acids is 1. The summed E-state index contributed by atoms with van der Waals surface area (Å²) in [5.74, 6) is -0.943. The van der Waals surface area contributed by atoms with Crippen molar-refractivity contribution < 1.29 is 14.7 Å². The van der Waals surface area contributed by atoms with Crippen molar-refractivity contribution in [3.63, 3.8) is 0 Å². The van der Waals surface area contributed by atoms with Crippen molar-refractivity contribution >= 4 is 17.6 Å². The van der Waals surface area contributed by atoms with Crippen LogP contribution in [-0.4, -0.2) is 17.0 Å². The van der Waals surface area contributed by atoms with Crippen molar-refractivity contribution in [2.24, 2.45) is 5.41 Å². The number of carboxylic acids is 1. The first-order valence-electron chi connectivity index (χ1n) is 7.05. The molecule has 1 aliphatic carbocycles. The molecule has 1 aromatic rings. The summed E-state index contributed by atoms with van der Waals surface area (Å²) in [5.41, 5.74) is 2.21. The topological polar surface area (TPSA) is 66.4 Å². The maximum atomic E-state index is 12.4. The van der Waals surface area contributed by atoms with Gasteiger partial charge in [-0.1, -0.05) is 19.4 Å². The Balaban J connectivity index is 2.27. The van der Waals surface area contributed by atoms with Crippen molar-refractivity contribution in [2.45, 2.75) is 46.5 Å². The summed E-state index contributed by atoms with van der Waals surface area (Å²) in [6, 6.07) is 3.37. The molecule has 0 atom stereocenters. The number of hydrogen-bond acceptors (Lipinski definition) is 2. The van der Waals surface area contributed by atoms with Crippen LogP contribution in [0.4, 0.5) is 5.69 Å². The van der Waals surface area contributed by atoms with Crippen LogP contribution < -0.4 is 5.32 Å². The van der Waals surface area contributed by atoms with E-state index in [9.17, 15) is 9.59 Å². The van der Waals surface area contributed by atoms with Gasteiger partial charge in [-0.25, -0.2) is 4.79 Å². The maximum Gasteiger partial charge on any atom is 0.336 e. The lowest BCUT2D eigenvalue weighted by Crippen LogP contribution is -2.41. The number of rotatable bonds is 4. The molecule has 0 bridgehead atoms. The van der Waals surface area contributed by atoms with Crippen LogP contribution in [0.2, 0.25) is 0 Å². The second kappa shape index (κ2) is 5.27. The number of carbonyl (C=O) groups excluding carboxylic acids is 1. The van der Waals surface area contributed by atoms with E-state index in [1.165, 1.54) is 0 Å². The molecule has 1 aliphatic rings. The zero-order valence-corrected chi connectivity index (χ0v) is 12.2. The van der Waals surface area contributed by atoms with Crippen LogP contribution in [0.3, 0.4) is 0 Å². The molecule has 1 amide bonds. The van der Waals surface area contributed by atoms with Crippen LogP contribution in [0.1, 0.15) is 54.1 Å². The molecule has 1 fully saturated rings. The van der Waals surface area contributed by atoms with E-state index in [0.717, 1.165) is 31.2 Å². The number of carbonyl (C=O) groups is 2. The van der Waals surface area contributed by atoms with E-state index in [2.05, 4.69) is 5.32 Å². The van der Waals surface area contributed by atoms with Gasteiger partial charge in [0.2, 0.25) is 5.91 Å². The SMILES string of the molecule is CCC1(C(=O)Nc2cc(C(=O)O)c(C)cc2C)CCC1. The molecule has 1 aromatic carbocycles. The Kier molecular flexibility index (Phi) is 3.84. The molecule has 0 unspecified atom stereocenters. The van der Waals surface area contributed by atoms with Crippen molar-refractivity contribution in [3.8, 4) is 0 Å². The standard InChI is InChI=1S/C16H21NO3/c1-4-16(6-5-7-16)15(20)17-13-9-12(14(18)19)10(2)8-11(13)3/h8-9H,4-7H2,1-3H3,(H,17,20)(H,18,19). The fourth-order valence-corrected chi connectivity index (χ4v) is 2.82. The Bertz CT molecular complexity index is 554. The maximum absolute atomic E-state index is 12.4. The molecule has 0 heterocycles. The average Bonchev–Trinajstić information content (AvgIpc) is 2.31. The molecule has 108 valence electrons. The Morgan fingerprint density at radius 2 is 1.90 bits per heavy atom. The number of aryl methyl sites for hydroxylation is 2. The first-order chi connectivity index (χ1) is 9.39. The van der Waals surface area contributed by atoms with E-state index in [0.29, 0.717) is 11.3 Å². The van der Waals surface area contributed by atoms with Crippen LogP contribution in [-0.2, 0) is 4.79 Å². The highest BCUT2D eigenvalue weighted by molar-refractivity contribution is 5.98. The lowest BCUT2D eigenvalue weighted by atomic mass is 9.66. The van der Waals surface area contributed by atoms with Crippen LogP contribution in [0.25, 0.3) is 0 Å². The van der Waals surface area contributed by atoms with Gasteiger partial charge in [0.05, 0.1) is 5.56 Å². The molecule has 4 heteroatoms. The van der Waals surface area contributed by atoms with Crippen molar-refractivity contribution in [3.05, 3.63) is 28.8 Å². The average molecular weight is 275 g/mol. The number of carboxylic acid groups (broad SMARTS) is 1. The van der Waals surface area contributed by atoms with E-state index in [1.54, 1.807) is 19.1 Å². The number of amides is 1. The van der Waals surface area contributed by atoms with E-state index in [-0.39, 0.29) is 16.9 Å². The van der Waals surface area contributed by atoms with Gasteiger partial charge in [-0.05, 0) is 50.3 Å². The molecule has 2 rings (SSSR count). The minimum Gasteiger partial charge on any atom is -0.478 e. The minimum atomic E-state index is -0.966. The van der Waals surface area contributed by atoms with Gasteiger partial charge < -0.3 is 10.4 Å². The van der Waals surface area contributed by atoms with Crippen molar-refractivity contribution in [1.29, 1.82) is 0 Å². The molecule has 0 radical (unpaired) electrons. The van der Waals surface area contributed by atoms with Gasteiger partial charge in [0.15, 0.2) is 0 Å². The molecule has 4 nitrogen and oxygen atoms in total. The second-order valence-corrected chi connectivity index (χ2v) is 5.73. The minimum absolute atomic E-state index is 0.0227. The Labute approximate surface area is 119 Å². The van der Waals surface area contributed by atoms with Crippen LogP contribution in [0, 0.1) is 19.3 Å². The number of nitrogens with one attached hydrogen (secondary N) is 1. The molecule has 20 heavy (non-hydrogen) atoms. The zero-order valence-electron chi connectivity index (χ0n) is 12.2. The van der Waals surface area contributed by atoms with Gasteiger partial charge >= 0.3 is 5.97 Å². The van der Waals surface area contributed by atoms with Gasteiger partial charge in [-0.3, -0.25) is 4.79 Å². The third kappa shape index (κ3) is 2.42. The normalized spacial score (nSPS) is 16.4. The Morgan fingerprint density at radius 3 is 2.35 bits per heavy atom. The van der Waals surface area contributed by atoms with E-state index in [1.807, 2.05) is 13.8 Å². The number of anilines is 1. The lowest BCUT2D eigenvalue weighted by molar-refractivity contribution is -0.130. The summed E-state index contributed by atoms with van der Waals surface area (Å²) < 4.78 is 0. The third-order valence-electron chi connectivity index (χ3n) is 4.52. The fraction of sp³-hybridized carbons (Fsp3) is 0.500. The Morgan fingerprint density at radius 1 is 1.25 bits per heavy atom. The molecule has 0 aliphatic heterocycles. The summed E-state index contributed by atoms with van der Waals surface area (Å²) in [7, 11) is 0. The predicted molar refractivity (Wildman–Crippen MR) is 78.1 cm³/mol.